The van der Waals surface area contributed by atoms with Crippen molar-refractivity contribution in [3.8, 4) is 5.75 Å². The van der Waals surface area contributed by atoms with Crippen LogP contribution in [0.4, 0.5) is 0 Å². The molecule has 1 atom stereocenters. The average Bonchev–Trinajstić information content (AvgIpc) is 2.38. The number of nitrogens with one attached hydrogen (secondary N) is 1. The fourth-order valence-corrected chi connectivity index (χ4v) is 1.93. The summed E-state index contributed by atoms with van der Waals surface area (Å²) in [5.74, 6) is 0.207. The highest BCUT2D eigenvalue weighted by Gasteiger charge is 2.25. The number of rotatable bonds is 6. The Morgan fingerprint density at radius 2 is 2.21 bits per heavy atom. The number of hydrogen-bond donors (Lipinski definition) is 2. The van der Waals surface area contributed by atoms with Gasteiger partial charge in [0.2, 0.25) is 0 Å². The number of amides is 1. The molecule has 0 fully saturated rings. The van der Waals surface area contributed by atoms with E-state index in [2.05, 4.69) is 5.32 Å². The lowest BCUT2D eigenvalue weighted by atomic mass is 9.94. The van der Waals surface area contributed by atoms with Crippen molar-refractivity contribution in [2.75, 3.05) is 13.7 Å². The first-order valence-electron chi connectivity index (χ1n) is 6.22. The predicted octanol–water partition coefficient (Wildman–Crippen LogP) is 2.63. The zero-order valence-electron chi connectivity index (χ0n) is 11.5. The van der Waals surface area contributed by atoms with Gasteiger partial charge < -0.3 is 15.2 Å². The summed E-state index contributed by atoms with van der Waals surface area (Å²) in [4.78, 5) is 12.3. The van der Waals surface area contributed by atoms with Gasteiger partial charge in [-0.3, -0.25) is 4.79 Å². The molecule has 2 N–H and O–H groups in total. The van der Waals surface area contributed by atoms with Crippen LogP contribution in [0.25, 0.3) is 0 Å². The van der Waals surface area contributed by atoms with Crippen LogP contribution in [0.2, 0.25) is 5.02 Å². The molecule has 0 aromatic heterocycles. The molecule has 1 rings (SSSR count). The molecule has 0 bridgehead atoms. The lowest BCUT2D eigenvalue weighted by Crippen LogP contribution is -2.46. The lowest BCUT2D eigenvalue weighted by Gasteiger charge is -2.29. The van der Waals surface area contributed by atoms with Gasteiger partial charge in [-0.05, 0) is 38.0 Å². The van der Waals surface area contributed by atoms with Crippen LogP contribution in [-0.4, -0.2) is 30.3 Å². The quantitative estimate of drug-likeness (QED) is 0.845. The van der Waals surface area contributed by atoms with Crippen molar-refractivity contribution in [2.24, 2.45) is 0 Å². The van der Waals surface area contributed by atoms with Crippen LogP contribution in [0.5, 0.6) is 5.75 Å². The SMILES string of the molecule is CCC(C)(CCO)NC(=O)c1ccc(Cl)cc1OC. The van der Waals surface area contributed by atoms with E-state index in [4.69, 9.17) is 21.4 Å². The number of ether oxygens (including phenoxy) is 1. The van der Waals surface area contributed by atoms with Crippen molar-refractivity contribution in [2.45, 2.75) is 32.2 Å². The summed E-state index contributed by atoms with van der Waals surface area (Å²) >= 11 is 5.87. The van der Waals surface area contributed by atoms with Gasteiger partial charge in [0.25, 0.3) is 5.91 Å². The molecule has 106 valence electrons. The summed E-state index contributed by atoms with van der Waals surface area (Å²) in [6, 6.07) is 4.88. The lowest BCUT2D eigenvalue weighted by molar-refractivity contribution is 0.0883. The number of benzene rings is 1. The Bertz CT molecular complexity index is 450. The summed E-state index contributed by atoms with van der Waals surface area (Å²) in [7, 11) is 1.50. The van der Waals surface area contributed by atoms with Gasteiger partial charge in [0.15, 0.2) is 0 Å². The Kier molecular flexibility index (Phi) is 5.63. The van der Waals surface area contributed by atoms with E-state index in [9.17, 15) is 4.79 Å². The summed E-state index contributed by atoms with van der Waals surface area (Å²) in [5.41, 5.74) is 0.000689. The van der Waals surface area contributed by atoms with E-state index in [0.717, 1.165) is 6.42 Å². The summed E-state index contributed by atoms with van der Waals surface area (Å²) in [6.07, 6.45) is 1.24. The van der Waals surface area contributed by atoms with E-state index >= 15 is 0 Å². The second kappa shape index (κ2) is 6.78. The van der Waals surface area contributed by atoms with Gasteiger partial charge in [-0.1, -0.05) is 18.5 Å². The van der Waals surface area contributed by atoms with Gasteiger partial charge in [-0.15, -0.1) is 0 Å². The van der Waals surface area contributed by atoms with E-state index in [-0.39, 0.29) is 12.5 Å². The second-order valence-electron chi connectivity index (χ2n) is 4.69. The topological polar surface area (TPSA) is 58.6 Å². The molecule has 0 aliphatic rings. The average molecular weight is 286 g/mol. The molecule has 1 amide bonds. The third-order valence-electron chi connectivity index (χ3n) is 3.27. The maximum atomic E-state index is 12.3. The summed E-state index contributed by atoms with van der Waals surface area (Å²) in [5, 5.41) is 12.5. The molecule has 0 radical (unpaired) electrons. The Labute approximate surface area is 118 Å². The number of hydrogen-bond acceptors (Lipinski definition) is 3. The van der Waals surface area contributed by atoms with Gasteiger partial charge >= 0.3 is 0 Å². The standard InChI is InChI=1S/C14H20ClNO3/c1-4-14(2,7-8-17)16-13(18)11-6-5-10(15)9-12(11)19-3/h5-6,9,17H,4,7-8H2,1-3H3,(H,16,18). The van der Waals surface area contributed by atoms with E-state index in [1.807, 2.05) is 13.8 Å². The van der Waals surface area contributed by atoms with Crippen LogP contribution in [-0.2, 0) is 0 Å². The minimum Gasteiger partial charge on any atom is -0.496 e. The Morgan fingerprint density at radius 3 is 2.74 bits per heavy atom. The van der Waals surface area contributed by atoms with Crippen LogP contribution in [0.1, 0.15) is 37.0 Å². The van der Waals surface area contributed by atoms with E-state index in [0.29, 0.717) is 22.8 Å². The van der Waals surface area contributed by atoms with E-state index < -0.39 is 5.54 Å². The first-order chi connectivity index (χ1) is 8.95. The molecule has 1 aromatic rings. The third kappa shape index (κ3) is 4.11. The maximum Gasteiger partial charge on any atom is 0.255 e. The molecular weight excluding hydrogens is 266 g/mol. The van der Waals surface area contributed by atoms with Crippen molar-refractivity contribution < 1.29 is 14.6 Å². The minimum atomic E-state index is -0.434. The molecule has 1 unspecified atom stereocenters. The fraction of sp³-hybridized carbons (Fsp3) is 0.500. The first kappa shape index (κ1) is 15.8. The summed E-state index contributed by atoms with van der Waals surface area (Å²) in [6.45, 7) is 3.90. The predicted molar refractivity (Wildman–Crippen MR) is 75.9 cm³/mol. The second-order valence-corrected chi connectivity index (χ2v) is 5.12. The zero-order valence-corrected chi connectivity index (χ0v) is 12.3. The van der Waals surface area contributed by atoms with Crippen molar-refractivity contribution in [1.82, 2.24) is 5.32 Å². The molecule has 0 aliphatic heterocycles. The monoisotopic (exact) mass is 285 g/mol. The highest BCUT2D eigenvalue weighted by Crippen LogP contribution is 2.24. The maximum absolute atomic E-state index is 12.3. The van der Waals surface area contributed by atoms with Crippen LogP contribution < -0.4 is 10.1 Å². The number of carbonyl (C=O) groups excluding carboxylic acids is 1. The van der Waals surface area contributed by atoms with Crippen LogP contribution in [0.15, 0.2) is 18.2 Å². The van der Waals surface area contributed by atoms with Crippen LogP contribution in [0.3, 0.4) is 0 Å². The normalized spacial score (nSPS) is 13.7. The van der Waals surface area contributed by atoms with Crippen molar-refractivity contribution in [1.29, 1.82) is 0 Å². The molecule has 0 saturated carbocycles. The fourth-order valence-electron chi connectivity index (χ4n) is 1.77. The summed E-state index contributed by atoms with van der Waals surface area (Å²) < 4.78 is 5.16. The molecule has 1 aromatic carbocycles. The first-order valence-corrected chi connectivity index (χ1v) is 6.60. The highest BCUT2D eigenvalue weighted by atomic mass is 35.5. The van der Waals surface area contributed by atoms with Crippen LogP contribution in [0, 0.1) is 0 Å². The van der Waals surface area contributed by atoms with Gasteiger partial charge in [0.05, 0.1) is 12.7 Å². The van der Waals surface area contributed by atoms with E-state index in [1.165, 1.54) is 7.11 Å². The Morgan fingerprint density at radius 1 is 1.53 bits per heavy atom. The molecule has 0 aliphatic carbocycles. The smallest absolute Gasteiger partial charge is 0.255 e. The Hall–Kier alpha value is -1.26. The number of carbonyl (C=O) groups is 1. The number of aliphatic hydroxyl groups is 1. The molecule has 4 nitrogen and oxygen atoms in total. The number of methoxy groups -OCH3 is 1. The molecular formula is C14H20ClNO3. The largest absolute Gasteiger partial charge is 0.496 e. The highest BCUT2D eigenvalue weighted by molar-refractivity contribution is 6.30. The third-order valence-corrected chi connectivity index (χ3v) is 3.50. The zero-order chi connectivity index (χ0) is 14.5. The molecule has 0 spiro atoms. The molecule has 19 heavy (non-hydrogen) atoms. The molecule has 0 heterocycles. The van der Waals surface area contributed by atoms with Crippen molar-refractivity contribution in [3.05, 3.63) is 28.8 Å². The molecule has 5 heteroatoms. The van der Waals surface area contributed by atoms with Gasteiger partial charge in [-0.2, -0.15) is 0 Å². The number of aliphatic hydroxyl groups excluding tert-OH is 1. The van der Waals surface area contributed by atoms with E-state index in [1.54, 1.807) is 18.2 Å². The van der Waals surface area contributed by atoms with Crippen molar-refractivity contribution in [3.63, 3.8) is 0 Å². The Balaban J connectivity index is 2.94. The minimum absolute atomic E-state index is 0.0301. The number of halogens is 1. The molecule has 0 saturated heterocycles. The van der Waals surface area contributed by atoms with Crippen molar-refractivity contribution >= 4 is 17.5 Å². The van der Waals surface area contributed by atoms with Crippen LogP contribution >= 0.6 is 11.6 Å². The van der Waals surface area contributed by atoms with Gasteiger partial charge in [0, 0.05) is 17.2 Å². The van der Waals surface area contributed by atoms with Gasteiger partial charge in [-0.25, -0.2) is 0 Å². The van der Waals surface area contributed by atoms with Gasteiger partial charge in [0.1, 0.15) is 5.75 Å².